The molecule has 1 rings (SSSR count). The summed E-state index contributed by atoms with van der Waals surface area (Å²) in [6.45, 7) is 6.74. The summed E-state index contributed by atoms with van der Waals surface area (Å²) in [6.07, 6.45) is 11.6. The molecule has 1 atom stereocenters. The number of anilines is 1. The number of allylic oxidation sites excluding steroid dienone is 4. The first-order valence-electron chi connectivity index (χ1n) is 6.06. The molecule has 0 spiro atoms. The molecule has 1 N–H and O–H groups in total. The van der Waals surface area contributed by atoms with Gasteiger partial charge in [0.05, 0.1) is 0 Å². The van der Waals surface area contributed by atoms with Gasteiger partial charge in [-0.1, -0.05) is 48.6 Å². The Bertz CT molecular complexity index is 362. The van der Waals surface area contributed by atoms with E-state index in [1.165, 1.54) is 0 Å². The molecule has 0 heterocycles. The van der Waals surface area contributed by atoms with Crippen LogP contribution in [0.25, 0.3) is 0 Å². The maximum absolute atomic E-state index is 3.85. The molecule has 0 aliphatic carbocycles. The molecule has 0 aromatic heterocycles. The molecule has 1 aromatic carbocycles. The number of para-hydroxylation sites is 1. The molecule has 0 bridgehead atoms. The zero-order valence-electron chi connectivity index (χ0n) is 10.5. The Morgan fingerprint density at radius 1 is 1.24 bits per heavy atom. The molecule has 1 unspecified atom stereocenters. The second kappa shape index (κ2) is 8.40. The van der Waals surface area contributed by atoms with Crippen LogP contribution in [-0.2, 0) is 0 Å². The smallest absolute Gasteiger partial charge is 0.0342 e. The highest BCUT2D eigenvalue weighted by molar-refractivity contribution is 5.42. The van der Waals surface area contributed by atoms with Crippen LogP contribution < -0.4 is 5.32 Å². The molecule has 0 fully saturated rings. The summed E-state index contributed by atoms with van der Waals surface area (Å²) >= 11 is 0. The molecular weight excluding hydrogens is 206 g/mol. The van der Waals surface area contributed by atoms with Crippen molar-refractivity contribution in [3.05, 3.63) is 67.3 Å². The second-order valence-electron chi connectivity index (χ2n) is 3.88. The topological polar surface area (TPSA) is 12.0 Å². The van der Waals surface area contributed by atoms with Crippen molar-refractivity contribution in [2.75, 3.05) is 11.9 Å². The SMILES string of the molecule is C=CC(/C=C/CNc1ccccc1)C/C=C/C. The van der Waals surface area contributed by atoms with Gasteiger partial charge in [-0.3, -0.25) is 0 Å². The Morgan fingerprint density at radius 2 is 2.00 bits per heavy atom. The minimum atomic E-state index is 0.434. The molecule has 1 heteroatoms. The highest BCUT2D eigenvalue weighted by Crippen LogP contribution is 2.08. The molecule has 90 valence electrons. The van der Waals surface area contributed by atoms with Crippen molar-refractivity contribution in [3.8, 4) is 0 Å². The lowest BCUT2D eigenvalue weighted by molar-refractivity contribution is 0.830. The quantitative estimate of drug-likeness (QED) is 0.680. The Morgan fingerprint density at radius 3 is 2.65 bits per heavy atom. The van der Waals surface area contributed by atoms with Gasteiger partial charge in [-0.2, -0.15) is 0 Å². The third-order valence-electron chi connectivity index (χ3n) is 2.53. The average Bonchev–Trinajstić information content (AvgIpc) is 2.39. The summed E-state index contributed by atoms with van der Waals surface area (Å²) in [6, 6.07) is 10.2. The van der Waals surface area contributed by atoms with E-state index in [0.717, 1.165) is 18.7 Å². The molecule has 1 nitrogen and oxygen atoms in total. The van der Waals surface area contributed by atoms with Crippen LogP contribution in [0.3, 0.4) is 0 Å². The fraction of sp³-hybridized carbons (Fsp3) is 0.250. The van der Waals surface area contributed by atoms with Crippen LogP contribution in [-0.4, -0.2) is 6.54 Å². The molecular formula is C16H21N. The summed E-state index contributed by atoms with van der Waals surface area (Å²) in [4.78, 5) is 0. The van der Waals surface area contributed by atoms with Crippen LogP contribution in [0.2, 0.25) is 0 Å². The molecule has 0 radical (unpaired) electrons. The zero-order valence-corrected chi connectivity index (χ0v) is 10.5. The zero-order chi connectivity index (χ0) is 12.3. The first kappa shape index (κ1) is 13.3. The Hall–Kier alpha value is -1.76. The standard InChI is InChI=1S/C16H21N/c1-3-5-10-15(4-2)11-9-14-17-16-12-7-6-8-13-16/h3-9,11-13,15,17H,2,10,14H2,1H3/b5-3+,11-9+. The normalized spacial score (nSPS) is 13.0. The third-order valence-corrected chi connectivity index (χ3v) is 2.53. The Labute approximate surface area is 105 Å². The summed E-state index contributed by atoms with van der Waals surface area (Å²) in [5, 5.41) is 3.34. The number of benzene rings is 1. The minimum Gasteiger partial charge on any atom is -0.382 e. The van der Waals surface area contributed by atoms with Gasteiger partial charge >= 0.3 is 0 Å². The Balaban J connectivity index is 2.31. The number of hydrogen-bond donors (Lipinski definition) is 1. The van der Waals surface area contributed by atoms with Gasteiger partial charge in [0.1, 0.15) is 0 Å². The average molecular weight is 227 g/mol. The summed E-state index contributed by atoms with van der Waals surface area (Å²) < 4.78 is 0. The van der Waals surface area contributed by atoms with Crippen LogP contribution in [0.1, 0.15) is 13.3 Å². The lowest BCUT2D eigenvalue weighted by Crippen LogP contribution is -1.98. The molecule has 0 aliphatic rings. The number of rotatable bonds is 7. The van der Waals surface area contributed by atoms with Crippen molar-refractivity contribution in [3.63, 3.8) is 0 Å². The van der Waals surface area contributed by atoms with Gasteiger partial charge in [0, 0.05) is 12.2 Å². The van der Waals surface area contributed by atoms with Gasteiger partial charge in [0.2, 0.25) is 0 Å². The lowest BCUT2D eigenvalue weighted by Gasteiger charge is -2.04. The highest BCUT2D eigenvalue weighted by Gasteiger charge is 1.94. The van der Waals surface area contributed by atoms with Crippen molar-refractivity contribution in [1.82, 2.24) is 0 Å². The second-order valence-corrected chi connectivity index (χ2v) is 3.88. The van der Waals surface area contributed by atoms with Gasteiger partial charge in [0.25, 0.3) is 0 Å². The van der Waals surface area contributed by atoms with Crippen LogP contribution >= 0.6 is 0 Å². The maximum Gasteiger partial charge on any atom is 0.0342 e. The van der Waals surface area contributed by atoms with Crippen molar-refractivity contribution in [2.24, 2.45) is 5.92 Å². The first-order chi connectivity index (χ1) is 8.36. The minimum absolute atomic E-state index is 0.434. The van der Waals surface area contributed by atoms with Crippen LogP contribution in [0, 0.1) is 5.92 Å². The fourth-order valence-corrected chi connectivity index (χ4v) is 1.52. The van der Waals surface area contributed by atoms with E-state index in [1.807, 2.05) is 31.2 Å². The molecule has 0 saturated heterocycles. The van der Waals surface area contributed by atoms with Gasteiger partial charge in [0.15, 0.2) is 0 Å². The van der Waals surface area contributed by atoms with Crippen LogP contribution in [0.5, 0.6) is 0 Å². The predicted octanol–water partition coefficient (Wildman–Crippen LogP) is 4.42. The molecule has 1 aromatic rings. The molecule has 0 aliphatic heterocycles. The van der Waals surface area contributed by atoms with E-state index < -0.39 is 0 Å². The predicted molar refractivity (Wildman–Crippen MR) is 77.2 cm³/mol. The van der Waals surface area contributed by atoms with Gasteiger partial charge in [-0.15, -0.1) is 6.58 Å². The largest absolute Gasteiger partial charge is 0.382 e. The fourth-order valence-electron chi connectivity index (χ4n) is 1.52. The van der Waals surface area contributed by atoms with Gasteiger partial charge < -0.3 is 5.32 Å². The van der Waals surface area contributed by atoms with Gasteiger partial charge in [-0.25, -0.2) is 0 Å². The maximum atomic E-state index is 3.85. The summed E-state index contributed by atoms with van der Waals surface area (Å²) in [5.74, 6) is 0.434. The first-order valence-corrected chi connectivity index (χ1v) is 6.06. The Kier molecular flexibility index (Phi) is 6.57. The third kappa shape index (κ3) is 5.76. The van der Waals surface area contributed by atoms with Gasteiger partial charge in [-0.05, 0) is 31.4 Å². The van der Waals surface area contributed by atoms with E-state index >= 15 is 0 Å². The van der Waals surface area contributed by atoms with Crippen LogP contribution in [0.4, 0.5) is 5.69 Å². The summed E-state index contributed by atoms with van der Waals surface area (Å²) in [7, 11) is 0. The van der Waals surface area contributed by atoms with Crippen molar-refractivity contribution >= 4 is 5.69 Å². The van der Waals surface area contributed by atoms with Crippen molar-refractivity contribution in [2.45, 2.75) is 13.3 Å². The lowest BCUT2D eigenvalue weighted by atomic mass is 10.1. The summed E-state index contributed by atoms with van der Waals surface area (Å²) in [5.41, 5.74) is 1.15. The molecule has 17 heavy (non-hydrogen) atoms. The molecule has 0 amide bonds. The highest BCUT2D eigenvalue weighted by atomic mass is 14.8. The van der Waals surface area contributed by atoms with E-state index in [4.69, 9.17) is 0 Å². The van der Waals surface area contributed by atoms with Crippen molar-refractivity contribution < 1.29 is 0 Å². The molecule has 0 saturated carbocycles. The number of hydrogen-bond acceptors (Lipinski definition) is 1. The van der Waals surface area contributed by atoms with Crippen LogP contribution in [0.15, 0.2) is 67.3 Å². The van der Waals surface area contributed by atoms with E-state index in [9.17, 15) is 0 Å². The number of nitrogens with one attached hydrogen (secondary N) is 1. The van der Waals surface area contributed by atoms with E-state index in [-0.39, 0.29) is 0 Å². The monoisotopic (exact) mass is 227 g/mol. The van der Waals surface area contributed by atoms with Crippen molar-refractivity contribution in [1.29, 1.82) is 0 Å². The van der Waals surface area contributed by atoms with E-state index in [2.05, 4.69) is 48.3 Å². The van der Waals surface area contributed by atoms with E-state index in [1.54, 1.807) is 0 Å². The van der Waals surface area contributed by atoms with E-state index in [0.29, 0.717) is 5.92 Å².